The average Bonchev–Trinajstić information content (AvgIpc) is 2.70. The number of nitrogens with zero attached hydrogens (tertiary/aromatic N) is 1. The Kier molecular flexibility index (Phi) is 7.64. The molecule has 9 heteroatoms. The van der Waals surface area contributed by atoms with Gasteiger partial charge in [0.25, 0.3) is 11.6 Å². The summed E-state index contributed by atoms with van der Waals surface area (Å²) < 4.78 is 22.0. The molecule has 0 spiro atoms. The fourth-order valence-corrected chi connectivity index (χ4v) is 2.61. The zero-order chi connectivity index (χ0) is 21.4. The Labute approximate surface area is 168 Å². The molecule has 1 amide bonds. The van der Waals surface area contributed by atoms with Gasteiger partial charge in [-0.2, -0.15) is 0 Å². The molecule has 0 saturated carbocycles. The third kappa shape index (κ3) is 5.28. The van der Waals surface area contributed by atoms with Crippen molar-refractivity contribution in [2.24, 2.45) is 0 Å². The van der Waals surface area contributed by atoms with Crippen molar-refractivity contribution >= 4 is 17.3 Å². The second kappa shape index (κ2) is 10.2. The van der Waals surface area contributed by atoms with Crippen LogP contribution in [0.25, 0.3) is 0 Å². The van der Waals surface area contributed by atoms with Crippen LogP contribution < -0.4 is 24.3 Å². The maximum atomic E-state index is 12.8. The van der Waals surface area contributed by atoms with E-state index >= 15 is 0 Å². The highest BCUT2D eigenvalue weighted by Gasteiger charge is 2.20. The van der Waals surface area contributed by atoms with Crippen molar-refractivity contribution in [3.63, 3.8) is 0 Å². The molecule has 0 atom stereocenters. The van der Waals surface area contributed by atoms with Gasteiger partial charge in [-0.05, 0) is 39.0 Å². The molecule has 29 heavy (non-hydrogen) atoms. The topological polar surface area (TPSA) is 109 Å². The second-order valence-corrected chi connectivity index (χ2v) is 5.70. The minimum absolute atomic E-state index is 0.141. The normalized spacial score (nSPS) is 10.2. The van der Waals surface area contributed by atoms with Crippen molar-refractivity contribution < 1.29 is 28.7 Å². The zero-order valence-corrected chi connectivity index (χ0v) is 16.8. The van der Waals surface area contributed by atoms with Crippen LogP contribution in [-0.2, 0) is 0 Å². The van der Waals surface area contributed by atoms with Crippen LogP contribution in [0.1, 0.15) is 31.1 Å². The van der Waals surface area contributed by atoms with Gasteiger partial charge in [-0.15, -0.1) is 0 Å². The van der Waals surface area contributed by atoms with Crippen molar-refractivity contribution in [1.29, 1.82) is 0 Å². The zero-order valence-electron chi connectivity index (χ0n) is 16.8. The molecule has 0 unspecified atom stereocenters. The lowest BCUT2D eigenvalue weighted by atomic mass is 10.1. The van der Waals surface area contributed by atoms with Crippen LogP contribution in [0.4, 0.5) is 11.4 Å². The maximum Gasteiger partial charge on any atom is 0.273 e. The van der Waals surface area contributed by atoms with Crippen LogP contribution in [0.3, 0.4) is 0 Å². The first-order chi connectivity index (χ1) is 13.9. The molecule has 156 valence electrons. The van der Waals surface area contributed by atoms with Crippen molar-refractivity contribution in [2.75, 3.05) is 32.2 Å². The summed E-state index contributed by atoms with van der Waals surface area (Å²) in [5.41, 5.74) is 0.437. The molecule has 0 aliphatic heterocycles. The standard InChI is InChI=1S/C20H24N2O7/c1-5-27-17-10-13(11-18(28-6-2)19(17)29-7-3)20(23)21-15-9-8-14(22(24)25)12-16(15)26-4/h8-12H,5-7H2,1-4H3,(H,21,23). The molecule has 0 radical (unpaired) electrons. The minimum atomic E-state index is -0.538. The molecule has 1 N–H and O–H groups in total. The van der Waals surface area contributed by atoms with Gasteiger partial charge < -0.3 is 24.3 Å². The summed E-state index contributed by atoms with van der Waals surface area (Å²) in [6, 6.07) is 7.06. The number of anilines is 1. The first-order valence-electron chi connectivity index (χ1n) is 9.15. The number of nitro groups is 1. The molecule has 0 aliphatic carbocycles. The maximum absolute atomic E-state index is 12.8. The lowest BCUT2D eigenvalue weighted by Crippen LogP contribution is -2.14. The molecule has 2 rings (SSSR count). The van der Waals surface area contributed by atoms with Gasteiger partial charge in [-0.25, -0.2) is 0 Å². The number of nitrogens with one attached hydrogen (secondary N) is 1. The number of amides is 1. The summed E-state index contributed by atoms with van der Waals surface area (Å²) in [6.07, 6.45) is 0. The number of hydrogen-bond acceptors (Lipinski definition) is 7. The van der Waals surface area contributed by atoms with Crippen molar-refractivity contribution in [3.8, 4) is 23.0 Å². The highest BCUT2D eigenvalue weighted by Crippen LogP contribution is 2.39. The number of methoxy groups -OCH3 is 1. The molecule has 0 aromatic heterocycles. The lowest BCUT2D eigenvalue weighted by Gasteiger charge is -2.17. The number of benzene rings is 2. The second-order valence-electron chi connectivity index (χ2n) is 5.70. The van der Waals surface area contributed by atoms with E-state index in [0.29, 0.717) is 42.8 Å². The number of carbonyl (C=O) groups is 1. The van der Waals surface area contributed by atoms with E-state index in [1.54, 1.807) is 12.1 Å². The molecule has 0 saturated heterocycles. The number of non-ortho nitro benzene ring substituents is 1. The molecular formula is C20H24N2O7. The number of nitro benzene ring substituents is 1. The summed E-state index contributed by atoms with van der Waals surface area (Å²) in [6.45, 7) is 6.66. The van der Waals surface area contributed by atoms with Crippen LogP contribution in [0.15, 0.2) is 30.3 Å². The van der Waals surface area contributed by atoms with Crippen LogP contribution in [0.2, 0.25) is 0 Å². The van der Waals surface area contributed by atoms with Gasteiger partial charge in [0.15, 0.2) is 11.5 Å². The number of hydrogen-bond donors (Lipinski definition) is 1. The third-order valence-corrected chi connectivity index (χ3v) is 3.82. The summed E-state index contributed by atoms with van der Waals surface area (Å²) in [7, 11) is 1.37. The summed E-state index contributed by atoms with van der Waals surface area (Å²) in [5.74, 6) is 0.929. The molecule has 9 nitrogen and oxygen atoms in total. The Morgan fingerprint density at radius 2 is 1.55 bits per heavy atom. The van der Waals surface area contributed by atoms with Crippen molar-refractivity contribution in [1.82, 2.24) is 0 Å². The summed E-state index contributed by atoms with van der Waals surface area (Å²) >= 11 is 0. The fraction of sp³-hybridized carbons (Fsp3) is 0.350. The predicted molar refractivity (Wildman–Crippen MR) is 108 cm³/mol. The Hall–Kier alpha value is -3.49. The van der Waals surface area contributed by atoms with Gasteiger partial charge in [-0.1, -0.05) is 0 Å². The summed E-state index contributed by atoms with van der Waals surface area (Å²) in [4.78, 5) is 23.2. The molecule has 2 aromatic carbocycles. The SMILES string of the molecule is CCOc1cc(C(=O)Nc2ccc([N+](=O)[O-])cc2OC)cc(OCC)c1OCC. The quantitative estimate of drug-likeness (QED) is 0.470. The van der Waals surface area contributed by atoms with E-state index in [2.05, 4.69) is 5.32 Å². The van der Waals surface area contributed by atoms with Gasteiger partial charge in [0.2, 0.25) is 5.75 Å². The van der Waals surface area contributed by atoms with E-state index in [1.807, 2.05) is 20.8 Å². The predicted octanol–water partition coefficient (Wildman–Crippen LogP) is 4.05. The van der Waals surface area contributed by atoms with E-state index in [9.17, 15) is 14.9 Å². The van der Waals surface area contributed by atoms with Crippen LogP contribution in [0, 0.1) is 10.1 Å². The van der Waals surface area contributed by atoms with Crippen LogP contribution in [0.5, 0.6) is 23.0 Å². The van der Waals surface area contributed by atoms with Crippen LogP contribution >= 0.6 is 0 Å². The number of rotatable bonds is 10. The van der Waals surface area contributed by atoms with Gasteiger partial charge in [0.05, 0.1) is 43.6 Å². The van der Waals surface area contributed by atoms with Crippen molar-refractivity contribution in [3.05, 3.63) is 46.0 Å². The van der Waals surface area contributed by atoms with Gasteiger partial charge in [0.1, 0.15) is 5.75 Å². The monoisotopic (exact) mass is 404 g/mol. The number of ether oxygens (including phenoxy) is 4. The van der Waals surface area contributed by atoms with Crippen molar-refractivity contribution in [2.45, 2.75) is 20.8 Å². The van der Waals surface area contributed by atoms with E-state index in [0.717, 1.165) is 0 Å². The fourth-order valence-electron chi connectivity index (χ4n) is 2.61. The largest absolute Gasteiger partial charge is 0.494 e. The molecule has 0 heterocycles. The average molecular weight is 404 g/mol. The Morgan fingerprint density at radius 3 is 2.03 bits per heavy atom. The Balaban J connectivity index is 2.40. The lowest BCUT2D eigenvalue weighted by molar-refractivity contribution is -0.384. The molecular weight excluding hydrogens is 380 g/mol. The Bertz CT molecular complexity index is 856. The van der Waals surface area contributed by atoms with E-state index in [4.69, 9.17) is 18.9 Å². The van der Waals surface area contributed by atoms with E-state index in [1.165, 1.54) is 25.3 Å². The van der Waals surface area contributed by atoms with Gasteiger partial charge in [0, 0.05) is 11.6 Å². The van der Waals surface area contributed by atoms with Gasteiger partial charge >= 0.3 is 0 Å². The highest BCUT2D eigenvalue weighted by molar-refractivity contribution is 6.06. The Morgan fingerprint density at radius 1 is 0.966 bits per heavy atom. The summed E-state index contributed by atoms with van der Waals surface area (Å²) in [5, 5.41) is 13.6. The molecule has 0 bridgehead atoms. The minimum Gasteiger partial charge on any atom is -0.494 e. The van der Waals surface area contributed by atoms with Gasteiger partial charge in [-0.3, -0.25) is 14.9 Å². The highest BCUT2D eigenvalue weighted by atomic mass is 16.6. The first-order valence-corrected chi connectivity index (χ1v) is 9.15. The number of carbonyl (C=O) groups excluding carboxylic acids is 1. The first kappa shape index (κ1) is 21.8. The molecule has 0 aliphatic rings. The molecule has 0 fully saturated rings. The van der Waals surface area contributed by atoms with Crippen LogP contribution in [-0.4, -0.2) is 37.8 Å². The van der Waals surface area contributed by atoms with E-state index < -0.39 is 10.8 Å². The molecule has 2 aromatic rings. The smallest absolute Gasteiger partial charge is 0.273 e. The van der Waals surface area contributed by atoms with E-state index in [-0.39, 0.29) is 17.0 Å². The third-order valence-electron chi connectivity index (χ3n) is 3.82.